The molecule has 2 fully saturated rings. The number of likely N-dealkylation sites (tertiary alicyclic amines) is 1. The maximum absolute atomic E-state index is 12.8. The first-order valence-corrected chi connectivity index (χ1v) is 10.1. The number of amides is 1. The number of rotatable bonds is 5. The van der Waals surface area contributed by atoms with E-state index in [2.05, 4.69) is 16.8 Å². The van der Waals surface area contributed by atoms with Crippen LogP contribution < -0.4 is 0 Å². The van der Waals surface area contributed by atoms with Gasteiger partial charge in [-0.2, -0.15) is 0 Å². The van der Waals surface area contributed by atoms with Crippen molar-refractivity contribution in [2.24, 2.45) is 0 Å². The molecule has 28 heavy (non-hydrogen) atoms. The van der Waals surface area contributed by atoms with Crippen molar-refractivity contribution < 1.29 is 19.4 Å². The number of carbonyl (C=O) groups is 2. The van der Waals surface area contributed by atoms with E-state index in [0.29, 0.717) is 32.1 Å². The van der Waals surface area contributed by atoms with Crippen LogP contribution in [0.25, 0.3) is 0 Å². The van der Waals surface area contributed by atoms with E-state index in [-0.39, 0.29) is 6.61 Å². The number of nitrogens with zero attached hydrogens (tertiary/aromatic N) is 3. The zero-order valence-corrected chi connectivity index (χ0v) is 16.8. The Morgan fingerprint density at radius 3 is 2.43 bits per heavy atom. The number of piperazine rings is 1. The Kier molecular flexibility index (Phi) is 6.57. The Morgan fingerprint density at radius 2 is 1.82 bits per heavy atom. The number of carboxylic acids is 1. The van der Waals surface area contributed by atoms with Gasteiger partial charge in [-0.25, -0.2) is 9.59 Å². The first kappa shape index (κ1) is 20.6. The second-order valence-electron chi connectivity index (χ2n) is 7.89. The van der Waals surface area contributed by atoms with E-state index in [0.717, 1.165) is 31.5 Å². The average molecular weight is 389 g/mol. The summed E-state index contributed by atoms with van der Waals surface area (Å²) >= 11 is 0. The highest BCUT2D eigenvalue weighted by Gasteiger charge is 2.50. The zero-order valence-electron chi connectivity index (χ0n) is 16.8. The Balaban J connectivity index is 1.70. The van der Waals surface area contributed by atoms with E-state index < -0.39 is 17.6 Å². The Hall–Kier alpha value is -2.12. The predicted molar refractivity (Wildman–Crippen MR) is 106 cm³/mol. The largest absolute Gasteiger partial charge is 0.479 e. The Bertz CT molecular complexity index is 675. The molecular weight excluding hydrogens is 358 g/mol. The minimum Gasteiger partial charge on any atom is -0.479 e. The van der Waals surface area contributed by atoms with Crippen molar-refractivity contribution in [3.8, 4) is 0 Å². The predicted octanol–water partition coefficient (Wildman–Crippen LogP) is 2.27. The third-order valence-electron chi connectivity index (χ3n) is 6.21. The van der Waals surface area contributed by atoms with Crippen LogP contribution in [0.2, 0.25) is 0 Å². The summed E-state index contributed by atoms with van der Waals surface area (Å²) in [5.74, 6) is -0.954. The van der Waals surface area contributed by atoms with Gasteiger partial charge in [-0.3, -0.25) is 9.80 Å². The van der Waals surface area contributed by atoms with Crippen molar-refractivity contribution >= 4 is 12.1 Å². The highest BCUT2D eigenvalue weighted by Crippen LogP contribution is 2.30. The van der Waals surface area contributed by atoms with Crippen LogP contribution in [0.1, 0.15) is 31.7 Å². The lowest BCUT2D eigenvalue weighted by atomic mass is 9.89. The molecule has 2 saturated heterocycles. The molecule has 1 atom stereocenters. The zero-order chi connectivity index (χ0) is 20.1. The summed E-state index contributed by atoms with van der Waals surface area (Å²) < 4.78 is 5.47. The smallest absolute Gasteiger partial charge is 0.411 e. The molecule has 7 heteroatoms. The van der Waals surface area contributed by atoms with Gasteiger partial charge >= 0.3 is 12.1 Å². The highest BCUT2D eigenvalue weighted by atomic mass is 16.6. The first-order valence-electron chi connectivity index (χ1n) is 10.1. The number of aliphatic carboxylic acids is 1. The standard InChI is InChI=1S/C21H31N3O4/c1-3-21(19(25)26)16-23(18-9-11-22(2)12-10-18)13-14-24(21)20(27)28-15-17-7-5-4-6-8-17/h4-8,18H,3,9-16H2,1-2H3,(H,25,26)/t21-/m0/s1. The number of hydrogen-bond acceptors (Lipinski definition) is 5. The molecule has 0 saturated carbocycles. The van der Waals surface area contributed by atoms with Crippen LogP contribution in [-0.2, 0) is 16.1 Å². The van der Waals surface area contributed by atoms with E-state index in [1.54, 1.807) is 0 Å². The molecule has 0 unspecified atom stereocenters. The summed E-state index contributed by atoms with van der Waals surface area (Å²) in [4.78, 5) is 31.1. The number of ether oxygens (including phenoxy) is 1. The van der Waals surface area contributed by atoms with Gasteiger partial charge in [0.15, 0.2) is 5.54 Å². The minimum absolute atomic E-state index is 0.147. The van der Waals surface area contributed by atoms with Gasteiger partial charge in [0.05, 0.1) is 0 Å². The molecule has 3 rings (SSSR count). The van der Waals surface area contributed by atoms with Gasteiger partial charge in [0.2, 0.25) is 0 Å². The van der Waals surface area contributed by atoms with Gasteiger partial charge in [0.1, 0.15) is 6.61 Å². The molecular formula is C21H31N3O4. The van der Waals surface area contributed by atoms with Gasteiger partial charge in [0, 0.05) is 25.7 Å². The lowest BCUT2D eigenvalue weighted by Gasteiger charge is -2.50. The maximum atomic E-state index is 12.8. The van der Waals surface area contributed by atoms with Crippen LogP contribution in [0.4, 0.5) is 4.79 Å². The van der Waals surface area contributed by atoms with Crippen molar-refractivity contribution in [3.05, 3.63) is 35.9 Å². The molecule has 1 amide bonds. The number of carbonyl (C=O) groups excluding carboxylic acids is 1. The minimum atomic E-state index is -1.24. The lowest BCUT2D eigenvalue weighted by Crippen LogP contribution is -2.69. The molecule has 0 aliphatic carbocycles. The average Bonchev–Trinajstić information content (AvgIpc) is 2.72. The molecule has 154 valence electrons. The SMILES string of the molecule is CC[C@@]1(C(=O)O)CN(C2CCN(C)CC2)CCN1C(=O)OCc1ccccc1. The van der Waals surface area contributed by atoms with Crippen LogP contribution in [0, 0.1) is 0 Å². The van der Waals surface area contributed by atoms with Crippen molar-refractivity contribution in [3.63, 3.8) is 0 Å². The molecule has 2 aliphatic rings. The maximum Gasteiger partial charge on any atom is 0.411 e. The Labute approximate surface area is 166 Å². The van der Waals surface area contributed by atoms with E-state index >= 15 is 0 Å². The molecule has 0 aromatic heterocycles. The van der Waals surface area contributed by atoms with Crippen molar-refractivity contribution in [2.75, 3.05) is 39.8 Å². The van der Waals surface area contributed by atoms with Crippen LogP contribution in [0.15, 0.2) is 30.3 Å². The molecule has 0 spiro atoms. The first-order chi connectivity index (χ1) is 13.5. The van der Waals surface area contributed by atoms with E-state index in [1.807, 2.05) is 37.3 Å². The Morgan fingerprint density at radius 1 is 1.14 bits per heavy atom. The van der Waals surface area contributed by atoms with Crippen molar-refractivity contribution in [1.29, 1.82) is 0 Å². The van der Waals surface area contributed by atoms with Crippen LogP contribution >= 0.6 is 0 Å². The second kappa shape index (κ2) is 8.92. The molecule has 2 aliphatic heterocycles. The van der Waals surface area contributed by atoms with Gasteiger partial charge in [-0.05, 0) is 45.0 Å². The fourth-order valence-corrected chi connectivity index (χ4v) is 4.31. The summed E-state index contributed by atoms with van der Waals surface area (Å²) in [6.07, 6.45) is 1.88. The fraction of sp³-hybridized carbons (Fsp3) is 0.619. The van der Waals surface area contributed by atoms with Gasteiger partial charge in [-0.1, -0.05) is 37.3 Å². The van der Waals surface area contributed by atoms with E-state index in [4.69, 9.17) is 4.74 Å². The summed E-state index contributed by atoms with van der Waals surface area (Å²) in [5, 5.41) is 10.1. The topological polar surface area (TPSA) is 73.3 Å². The third-order valence-corrected chi connectivity index (χ3v) is 6.21. The van der Waals surface area contributed by atoms with Gasteiger partial charge < -0.3 is 14.7 Å². The summed E-state index contributed by atoms with van der Waals surface area (Å²) in [6.45, 7) is 5.45. The molecule has 1 N–H and O–H groups in total. The fourth-order valence-electron chi connectivity index (χ4n) is 4.31. The summed E-state index contributed by atoms with van der Waals surface area (Å²) in [7, 11) is 2.12. The normalized spacial score (nSPS) is 24.9. The quantitative estimate of drug-likeness (QED) is 0.833. The monoisotopic (exact) mass is 389 g/mol. The lowest BCUT2D eigenvalue weighted by molar-refractivity contribution is -0.156. The summed E-state index contributed by atoms with van der Waals surface area (Å²) in [6, 6.07) is 9.82. The number of hydrogen-bond donors (Lipinski definition) is 1. The second-order valence-corrected chi connectivity index (χ2v) is 7.89. The number of carboxylic acid groups (broad SMARTS) is 1. The van der Waals surface area contributed by atoms with Gasteiger partial charge in [-0.15, -0.1) is 0 Å². The molecule has 2 heterocycles. The molecule has 1 aromatic carbocycles. The van der Waals surface area contributed by atoms with E-state index in [1.165, 1.54) is 4.90 Å². The van der Waals surface area contributed by atoms with Crippen LogP contribution in [-0.4, -0.2) is 83.2 Å². The van der Waals surface area contributed by atoms with Crippen LogP contribution in [0.3, 0.4) is 0 Å². The molecule has 1 aromatic rings. The number of piperidine rings is 1. The molecule has 0 radical (unpaired) electrons. The highest BCUT2D eigenvalue weighted by molar-refractivity contribution is 5.85. The number of benzene rings is 1. The van der Waals surface area contributed by atoms with Crippen molar-refractivity contribution in [1.82, 2.24) is 14.7 Å². The summed E-state index contributed by atoms with van der Waals surface area (Å²) in [5.41, 5.74) is -0.353. The molecule has 7 nitrogen and oxygen atoms in total. The van der Waals surface area contributed by atoms with Crippen molar-refractivity contribution in [2.45, 2.75) is 44.4 Å². The third kappa shape index (κ3) is 4.31. The van der Waals surface area contributed by atoms with Crippen LogP contribution in [0.5, 0.6) is 0 Å². The molecule has 0 bridgehead atoms. The van der Waals surface area contributed by atoms with Gasteiger partial charge in [0.25, 0.3) is 0 Å². The van der Waals surface area contributed by atoms with E-state index in [9.17, 15) is 14.7 Å².